The van der Waals surface area contributed by atoms with Gasteiger partial charge in [0.25, 0.3) is 5.91 Å². The fourth-order valence-electron chi connectivity index (χ4n) is 4.38. The molecule has 1 saturated heterocycles. The highest BCUT2D eigenvalue weighted by Crippen LogP contribution is 2.29. The Bertz CT molecular complexity index is 1230. The van der Waals surface area contributed by atoms with Gasteiger partial charge in [-0.3, -0.25) is 9.48 Å². The lowest BCUT2D eigenvalue weighted by Crippen LogP contribution is -2.37. The molecule has 0 saturated carbocycles. The first-order valence-electron chi connectivity index (χ1n) is 10.9. The number of carbonyl (C=O) groups is 1. The van der Waals surface area contributed by atoms with E-state index in [-0.39, 0.29) is 12.0 Å². The van der Waals surface area contributed by atoms with Crippen molar-refractivity contribution in [2.24, 2.45) is 7.05 Å². The lowest BCUT2D eigenvalue weighted by molar-refractivity contribution is 0.0511. The second-order valence-corrected chi connectivity index (χ2v) is 9.26. The van der Waals surface area contributed by atoms with E-state index in [4.69, 9.17) is 9.72 Å². The molecule has 32 heavy (non-hydrogen) atoms. The van der Waals surface area contributed by atoms with Gasteiger partial charge in [0.1, 0.15) is 0 Å². The molecule has 1 aliphatic rings. The van der Waals surface area contributed by atoms with Crippen LogP contribution in [0, 0.1) is 6.92 Å². The van der Waals surface area contributed by atoms with Crippen molar-refractivity contribution in [1.29, 1.82) is 0 Å². The number of hydrogen-bond acceptors (Lipinski definition) is 5. The number of aromatic nitrogens is 3. The molecule has 3 aromatic heterocycles. The van der Waals surface area contributed by atoms with Gasteiger partial charge in [-0.25, -0.2) is 4.98 Å². The number of thiophene rings is 1. The average Bonchev–Trinajstić information content (AvgIpc) is 3.56. The fourth-order valence-corrected chi connectivity index (χ4v) is 5.10. The van der Waals surface area contributed by atoms with Gasteiger partial charge in [-0.2, -0.15) is 5.10 Å². The third-order valence-corrected chi connectivity index (χ3v) is 6.79. The lowest BCUT2D eigenvalue weighted by Gasteiger charge is -2.25. The molecule has 164 valence electrons. The Labute approximate surface area is 191 Å². The summed E-state index contributed by atoms with van der Waals surface area (Å²) >= 11 is 1.67. The molecule has 6 nitrogen and oxygen atoms in total. The Hall–Kier alpha value is -3.03. The van der Waals surface area contributed by atoms with E-state index in [1.807, 2.05) is 66.7 Å². The summed E-state index contributed by atoms with van der Waals surface area (Å²) in [6.45, 7) is 3.86. The molecule has 0 N–H and O–H groups in total. The zero-order chi connectivity index (χ0) is 22.1. The van der Waals surface area contributed by atoms with E-state index < -0.39 is 0 Å². The van der Waals surface area contributed by atoms with Crippen LogP contribution >= 0.6 is 11.3 Å². The minimum atomic E-state index is -0.00502. The highest BCUT2D eigenvalue weighted by molar-refractivity contribution is 7.09. The van der Waals surface area contributed by atoms with Gasteiger partial charge >= 0.3 is 0 Å². The second kappa shape index (κ2) is 8.84. The summed E-state index contributed by atoms with van der Waals surface area (Å²) in [6.07, 6.45) is 2.12. The van der Waals surface area contributed by atoms with Gasteiger partial charge in [0.05, 0.1) is 35.0 Å². The molecular weight excluding hydrogens is 420 g/mol. The maximum Gasteiger partial charge on any atom is 0.255 e. The summed E-state index contributed by atoms with van der Waals surface area (Å²) < 4.78 is 7.64. The molecule has 7 heteroatoms. The van der Waals surface area contributed by atoms with E-state index in [0.29, 0.717) is 18.7 Å². The Morgan fingerprint density at radius 2 is 2.09 bits per heavy atom. The van der Waals surface area contributed by atoms with Crippen LogP contribution in [-0.4, -0.2) is 44.8 Å². The Morgan fingerprint density at radius 1 is 1.25 bits per heavy atom. The SMILES string of the molecule is Cc1nn(C)c2nc(-c3ccccc3)cc(C(=O)N(Cc3cccs3)CC3CCCO3)c12. The number of benzene rings is 1. The predicted molar refractivity (Wildman–Crippen MR) is 127 cm³/mol. The molecule has 1 atom stereocenters. The Morgan fingerprint density at radius 3 is 2.81 bits per heavy atom. The van der Waals surface area contributed by atoms with Crippen LogP contribution in [0.15, 0.2) is 53.9 Å². The minimum absolute atomic E-state index is 0.00502. The third-order valence-electron chi connectivity index (χ3n) is 5.93. The number of fused-ring (bicyclic) bond motifs is 1. The van der Waals surface area contributed by atoms with Crippen molar-refractivity contribution in [2.45, 2.75) is 32.4 Å². The molecular formula is C25H26N4O2S. The number of nitrogens with zero attached hydrogens (tertiary/aromatic N) is 4. The van der Waals surface area contributed by atoms with Gasteiger partial charge in [-0.1, -0.05) is 36.4 Å². The third kappa shape index (κ3) is 4.06. The average molecular weight is 447 g/mol. The summed E-state index contributed by atoms with van der Waals surface area (Å²) in [6, 6.07) is 16.0. The molecule has 1 aromatic carbocycles. The molecule has 0 aliphatic carbocycles. The van der Waals surface area contributed by atoms with Crippen molar-refractivity contribution in [3.8, 4) is 11.3 Å². The van der Waals surface area contributed by atoms with Crippen molar-refractivity contribution < 1.29 is 9.53 Å². The van der Waals surface area contributed by atoms with E-state index >= 15 is 0 Å². The molecule has 1 fully saturated rings. The van der Waals surface area contributed by atoms with Crippen molar-refractivity contribution in [1.82, 2.24) is 19.7 Å². The van der Waals surface area contributed by atoms with Crippen LogP contribution in [-0.2, 0) is 18.3 Å². The summed E-state index contributed by atoms with van der Waals surface area (Å²) in [5.41, 5.74) is 3.93. The van der Waals surface area contributed by atoms with Crippen molar-refractivity contribution in [3.63, 3.8) is 0 Å². The quantitative estimate of drug-likeness (QED) is 0.426. The normalized spacial score (nSPS) is 16.0. The number of aryl methyl sites for hydroxylation is 2. The monoisotopic (exact) mass is 446 g/mol. The lowest BCUT2D eigenvalue weighted by atomic mass is 10.0. The molecule has 1 unspecified atom stereocenters. The molecule has 4 aromatic rings. The van der Waals surface area contributed by atoms with Crippen molar-refractivity contribution in [3.05, 3.63) is 70.0 Å². The van der Waals surface area contributed by atoms with E-state index in [9.17, 15) is 4.79 Å². The minimum Gasteiger partial charge on any atom is -0.376 e. The zero-order valence-corrected chi connectivity index (χ0v) is 19.1. The van der Waals surface area contributed by atoms with Gasteiger partial charge in [-0.05, 0) is 37.3 Å². The molecule has 1 aliphatic heterocycles. The zero-order valence-electron chi connectivity index (χ0n) is 18.3. The van der Waals surface area contributed by atoms with Crippen LogP contribution in [0.5, 0.6) is 0 Å². The fraction of sp³-hybridized carbons (Fsp3) is 0.320. The number of pyridine rings is 1. The van der Waals surface area contributed by atoms with Gasteiger partial charge in [0, 0.05) is 30.6 Å². The van der Waals surface area contributed by atoms with Gasteiger partial charge in [-0.15, -0.1) is 11.3 Å². The molecule has 0 bridgehead atoms. The number of amides is 1. The highest BCUT2D eigenvalue weighted by atomic mass is 32.1. The smallest absolute Gasteiger partial charge is 0.255 e. The first kappa shape index (κ1) is 20.8. The molecule has 4 heterocycles. The molecule has 5 rings (SSSR count). The number of hydrogen-bond donors (Lipinski definition) is 0. The standard InChI is InChI=1S/C25H26N4O2S/c1-17-23-21(14-22(18-8-4-3-5-9-18)26-24(23)28(2)27-17)25(30)29(15-19-10-6-12-31-19)16-20-11-7-13-32-20/h3-5,7-9,11,13-14,19H,6,10,12,15-16H2,1-2H3. The first-order valence-corrected chi connectivity index (χ1v) is 11.8. The maximum atomic E-state index is 14.0. The highest BCUT2D eigenvalue weighted by Gasteiger charge is 2.27. The summed E-state index contributed by atoms with van der Waals surface area (Å²) in [4.78, 5) is 22.0. The van der Waals surface area contributed by atoms with Crippen LogP contribution in [0.2, 0.25) is 0 Å². The molecule has 1 amide bonds. The maximum absolute atomic E-state index is 14.0. The van der Waals surface area contributed by atoms with Crippen LogP contribution in [0.4, 0.5) is 0 Å². The Balaban J connectivity index is 1.60. The number of carbonyl (C=O) groups excluding carboxylic acids is 1. The van der Waals surface area contributed by atoms with Crippen molar-refractivity contribution >= 4 is 28.3 Å². The van der Waals surface area contributed by atoms with Crippen LogP contribution < -0.4 is 0 Å². The number of rotatable bonds is 6. The van der Waals surface area contributed by atoms with E-state index in [2.05, 4.69) is 11.2 Å². The predicted octanol–water partition coefficient (Wildman–Crippen LogP) is 4.83. The van der Waals surface area contributed by atoms with Gasteiger partial charge in [0.15, 0.2) is 5.65 Å². The van der Waals surface area contributed by atoms with E-state index in [1.54, 1.807) is 16.0 Å². The summed E-state index contributed by atoms with van der Waals surface area (Å²) in [7, 11) is 1.88. The number of ether oxygens (including phenoxy) is 1. The first-order chi connectivity index (χ1) is 15.6. The van der Waals surface area contributed by atoms with E-state index in [1.165, 1.54) is 0 Å². The molecule has 0 spiro atoms. The van der Waals surface area contributed by atoms with E-state index in [0.717, 1.165) is 52.3 Å². The summed E-state index contributed by atoms with van der Waals surface area (Å²) in [5, 5.41) is 7.44. The van der Waals surface area contributed by atoms with Crippen LogP contribution in [0.1, 0.15) is 33.8 Å². The second-order valence-electron chi connectivity index (χ2n) is 8.23. The van der Waals surface area contributed by atoms with Gasteiger partial charge in [0.2, 0.25) is 0 Å². The topological polar surface area (TPSA) is 60.2 Å². The van der Waals surface area contributed by atoms with Crippen LogP contribution in [0.25, 0.3) is 22.3 Å². The molecule has 0 radical (unpaired) electrons. The van der Waals surface area contributed by atoms with Gasteiger partial charge < -0.3 is 9.64 Å². The van der Waals surface area contributed by atoms with Crippen molar-refractivity contribution in [2.75, 3.05) is 13.2 Å². The largest absolute Gasteiger partial charge is 0.376 e. The summed E-state index contributed by atoms with van der Waals surface area (Å²) in [5.74, 6) is -0.00502. The Kier molecular flexibility index (Phi) is 5.76. The van der Waals surface area contributed by atoms with Crippen LogP contribution in [0.3, 0.4) is 0 Å².